The molecule has 0 radical (unpaired) electrons. The minimum Gasteiger partial charge on any atom is -0.477 e. The average Bonchev–Trinajstić information content (AvgIpc) is 2.77. The Balaban J connectivity index is 1.91. The van der Waals surface area contributed by atoms with Crippen LogP contribution in [0.1, 0.15) is 38.0 Å². The van der Waals surface area contributed by atoms with Crippen LogP contribution < -0.4 is 4.74 Å². The molecule has 1 fully saturated rings. The number of hydrogen-bond acceptors (Lipinski definition) is 5. The lowest BCUT2D eigenvalue weighted by Gasteiger charge is -2.20. The van der Waals surface area contributed by atoms with Crippen LogP contribution in [0, 0.1) is 0 Å². The molecule has 2 aromatic heterocycles. The fourth-order valence-corrected chi connectivity index (χ4v) is 1.98. The van der Waals surface area contributed by atoms with Crippen LogP contribution in [0.2, 0.25) is 0 Å². The smallest absolute Gasteiger partial charge is 0.230 e. The molecule has 0 saturated heterocycles. The summed E-state index contributed by atoms with van der Waals surface area (Å²) in [6, 6.07) is 3.74. The van der Waals surface area contributed by atoms with Crippen molar-refractivity contribution in [2.24, 2.45) is 0 Å². The zero-order valence-electron chi connectivity index (χ0n) is 10.3. The largest absolute Gasteiger partial charge is 0.477 e. The Bertz CT molecular complexity index is 535. The van der Waals surface area contributed by atoms with Crippen LogP contribution in [0.3, 0.4) is 0 Å². The van der Waals surface area contributed by atoms with Gasteiger partial charge in [-0.2, -0.15) is 4.98 Å². The van der Waals surface area contributed by atoms with Gasteiger partial charge in [0, 0.05) is 12.1 Å². The molecule has 0 amide bonds. The number of hydrogen-bond donors (Lipinski definition) is 0. The third-order valence-electron chi connectivity index (χ3n) is 3.19. The summed E-state index contributed by atoms with van der Waals surface area (Å²) >= 11 is 0. The van der Waals surface area contributed by atoms with E-state index in [2.05, 4.69) is 15.1 Å². The predicted molar refractivity (Wildman–Crippen MR) is 65.3 cm³/mol. The monoisotopic (exact) mass is 245 g/mol. The molecule has 0 bridgehead atoms. The summed E-state index contributed by atoms with van der Waals surface area (Å²) in [6.07, 6.45) is 5.24. The first kappa shape index (κ1) is 11.2. The molecule has 0 atom stereocenters. The van der Waals surface area contributed by atoms with Crippen LogP contribution in [0.4, 0.5) is 0 Å². The van der Waals surface area contributed by atoms with E-state index < -0.39 is 0 Å². The lowest BCUT2D eigenvalue weighted by molar-refractivity contribution is 0.292. The van der Waals surface area contributed by atoms with Gasteiger partial charge in [0.25, 0.3) is 0 Å². The normalized spacial score (nSPS) is 15.4. The third-order valence-corrected chi connectivity index (χ3v) is 3.19. The zero-order valence-corrected chi connectivity index (χ0v) is 10.3. The summed E-state index contributed by atoms with van der Waals surface area (Å²) in [6.45, 7) is 2.49. The predicted octanol–water partition coefficient (Wildman–Crippen LogP) is 2.80. The highest BCUT2D eigenvalue weighted by molar-refractivity contribution is 5.60. The number of ether oxygens (including phenoxy) is 1. The lowest BCUT2D eigenvalue weighted by atomic mass is 9.85. The molecule has 0 spiro atoms. The number of aromatic nitrogens is 3. The molecule has 0 aromatic carbocycles. The molecule has 0 unspecified atom stereocenters. The lowest BCUT2D eigenvalue weighted by Crippen LogP contribution is -2.08. The molecule has 5 nitrogen and oxygen atoms in total. The van der Waals surface area contributed by atoms with Crippen LogP contribution in [0.5, 0.6) is 5.88 Å². The fraction of sp³-hybridized carbons (Fsp3) is 0.462. The fourth-order valence-electron chi connectivity index (χ4n) is 1.98. The molecule has 18 heavy (non-hydrogen) atoms. The Morgan fingerprint density at radius 2 is 2.33 bits per heavy atom. The van der Waals surface area contributed by atoms with E-state index in [1.165, 1.54) is 6.42 Å². The maximum atomic E-state index is 5.47. The first-order valence-electron chi connectivity index (χ1n) is 6.30. The number of pyridine rings is 1. The molecule has 3 rings (SSSR count). The van der Waals surface area contributed by atoms with Gasteiger partial charge in [-0.3, -0.25) is 0 Å². The summed E-state index contributed by atoms with van der Waals surface area (Å²) in [4.78, 5) is 8.64. The van der Waals surface area contributed by atoms with E-state index in [1.54, 1.807) is 6.20 Å². The van der Waals surface area contributed by atoms with Gasteiger partial charge < -0.3 is 9.26 Å². The van der Waals surface area contributed by atoms with Gasteiger partial charge in [0.05, 0.1) is 12.2 Å². The maximum absolute atomic E-state index is 5.47. The van der Waals surface area contributed by atoms with Gasteiger partial charge in [-0.15, -0.1) is 0 Å². The quantitative estimate of drug-likeness (QED) is 0.828. The molecule has 1 saturated carbocycles. The van der Waals surface area contributed by atoms with Crippen molar-refractivity contribution in [1.82, 2.24) is 15.1 Å². The number of rotatable bonds is 4. The topological polar surface area (TPSA) is 61.0 Å². The molecule has 94 valence electrons. The van der Waals surface area contributed by atoms with Crippen molar-refractivity contribution in [3.63, 3.8) is 0 Å². The first-order chi connectivity index (χ1) is 8.88. The maximum Gasteiger partial charge on any atom is 0.230 e. The Hall–Kier alpha value is -1.91. The molecular weight excluding hydrogens is 230 g/mol. The second-order valence-corrected chi connectivity index (χ2v) is 4.37. The van der Waals surface area contributed by atoms with Crippen molar-refractivity contribution in [1.29, 1.82) is 0 Å². The molecule has 0 N–H and O–H groups in total. The summed E-state index contributed by atoms with van der Waals surface area (Å²) in [5, 5.41) is 4.03. The summed E-state index contributed by atoms with van der Waals surface area (Å²) in [7, 11) is 0. The molecule has 1 aliphatic carbocycles. The molecular formula is C13H15N3O2. The first-order valence-corrected chi connectivity index (χ1v) is 6.30. The van der Waals surface area contributed by atoms with Gasteiger partial charge in [-0.25, -0.2) is 4.98 Å². The SMILES string of the molecule is CCOc1ncccc1-c1noc(C2CCC2)n1. The highest BCUT2D eigenvalue weighted by Gasteiger charge is 2.26. The second-order valence-electron chi connectivity index (χ2n) is 4.37. The van der Waals surface area contributed by atoms with Crippen molar-refractivity contribution in [2.75, 3.05) is 6.61 Å². The number of nitrogens with zero attached hydrogens (tertiary/aromatic N) is 3. The molecule has 2 heterocycles. The standard InChI is InChI=1S/C13H15N3O2/c1-2-17-13-10(7-4-8-14-13)11-15-12(18-16-11)9-5-3-6-9/h4,7-9H,2-3,5-6H2,1H3. The van der Waals surface area contributed by atoms with E-state index in [0.717, 1.165) is 24.3 Å². The third kappa shape index (κ3) is 1.96. The average molecular weight is 245 g/mol. The van der Waals surface area contributed by atoms with E-state index in [9.17, 15) is 0 Å². The van der Waals surface area contributed by atoms with Crippen LogP contribution in [0.25, 0.3) is 11.4 Å². The summed E-state index contributed by atoms with van der Waals surface area (Å²) in [5.41, 5.74) is 0.786. The molecule has 1 aliphatic rings. The molecule has 5 heteroatoms. The highest BCUT2D eigenvalue weighted by atomic mass is 16.5. The Morgan fingerprint density at radius 3 is 3.06 bits per heavy atom. The second kappa shape index (κ2) is 4.76. The van der Waals surface area contributed by atoms with Crippen molar-refractivity contribution in [2.45, 2.75) is 32.1 Å². The minimum atomic E-state index is 0.443. The molecule has 2 aromatic rings. The van der Waals surface area contributed by atoms with Crippen LogP contribution >= 0.6 is 0 Å². The van der Waals surface area contributed by atoms with Gasteiger partial charge >= 0.3 is 0 Å². The summed E-state index contributed by atoms with van der Waals surface area (Å²) in [5.74, 6) is 2.30. The Labute approximate surface area is 105 Å². The van der Waals surface area contributed by atoms with Crippen LogP contribution in [0.15, 0.2) is 22.9 Å². The van der Waals surface area contributed by atoms with E-state index >= 15 is 0 Å². The molecule has 0 aliphatic heterocycles. The van der Waals surface area contributed by atoms with Crippen molar-refractivity contribution < 1.29 is 9.26 Å². The Morgan fingerprint density at radius 1 is 1.44 bits per heavy atom. The van der Waals surface area contributed by atoms with Crippen LogP contribution in [-0.2, 0) is 0 Å². The van der Waals surface area contributed by atoms with E-state index in [-0.39, 0.29) is 0 Å². The zero-order chi connectivity index (χ0) is 12.4. The Kier molecular flexibility index (Phi) is 2.96. The van der Waals surface area contributed by atoms with Gasteiger partial charge in [-0.05, 0) is 31.9 Å². The van der Waals surface area contributed by atoms with Crippen molar-refractivity contribution in [3.05, 3.63) is 24.2 Å². The summed E-state index contributed by atoms with van der Waals surface area (Å²) < 4.78 is 10.8. The van der Waals surface area contributed by atoms with Crippen molar-refractivity contribution in [3.8, 4) is 17.3 Å². The van der Waals surface area contributed by atoms with E-state index in [4.69, 9.17) is 9.26 Å². The van der Waals surface area contributed by atoms with Gasteiger partial charge in [-0.1, -0.05) is 11.6 Å². The van der Waals surface area contributed by atoms with E-state index in [1.807, 2.05) is 19.1 Å². The van der Waals surface area contributed by atoms with Crippen molar-refractivity contribution >= 4 is 0 Å². The highest BCUT2D eigenvalue weighted by Crippen LogP contribution is 2.36. The van der Waals surface area contributed by atoms with Gasteiger partial charge in [0.15, 0.2) is 0 Å². The van der Waals surface area contributed by atoms with Crippen LogP contribution in [-0.4, -0.2) is 21.7 Å². The van der Waals surface area contributed by atoms with Gasteiger partial charge in [0.1, 0.15) is 0 Å². The van der Waals surface area contributed by atoms with Gasteiger partial charge in [0.2, 0.25) is 17.6 Å². The minimum absolute atomic E-state index is 0.443. The van der Waals surface area contributed by atoms with E-state index in [0.29, 0.717) is 24.2 Å².